The predicted octanol–water partition coefficient (Wildman–Crippen LogP) is 2.45. The highest BCUT2D eigenvalue weighted by atomic mass is 32.1. The highest BCUT2D eigenvalue weighted by molar-refractivity contribution is 7.10. The molecule has 0 radical (unpaired) electrons. The van der Waals surface area contributed by atoms with E-state index in [1.165, 1.54) is 16.0 Å². The molecule has 0 unspecified atom stereocenters. The van der Waals surface area contributed by atoms with E-state index in [0.29, 0.717) is 0 Å². The standard InChI is InChI=1S/C12H14N2S/c1-13-7-11-6-12(15-9-11)5-10-3-2-4-14-8-10/h2-4,6,8-9,13H,5,7H2,1H3. The summed E-state index contributed by atoms with van der Waals surface area (Å²) in [4.78, 5) is 5.51. The van der Waals surface area contributed by atoms with Gasteiger partial charge in [0.1, 0.15) is 0 Å². The number of hydrogen-bond donors (Lipinski definition) is 1. The average Bonchev–Trinajstić information content (AvgIpc) is 2.68. The van der Waals surface area contributed by atoms with Gasteiger partial charge in [-0.25, -0.2) is 0 Å². The van der Waals surface area contributed by atoms with Gasteiger partial charge in [-0.2, -0.15) is 0 Å². The van der Waals surface area contributed by atoms with Crippen molar-refractivity contribution in [3.05, 3.63) is 52.0 Å². The molecule has 0 saturated carbocycles. The summed E-state index contributed by atoms with van der Waals surface area (Å²) in [6, 6.07) is 6.36. The lowest BCUT2D eigenvalue weighted by atomic mass is 10.2. The number of nitrogens with one attached hydrogen (secondary N) is 1. The maximum absolute atomic E-state index is 4.12. The first-order chi connectivity index (χ1) is 7.38. The normalized spacial score (nSPS) is 10.5. The molecule has 0 aliphatic carbocycles. The van der Waals surface area contributed by atoms with Crippen LogP contribution in [0.25, 0.3) is 0 Å². The first-order valence-electron chi connectivity index (χ1n) is 4.98. The Labute approximate surface area is 94.0 Å². The van der Waals surface area contributed by atoms with Crippen molar-refractivity contribution >= 4 is 11.3 Å². The Kier molecular flexibility index (Phi) is 3.48. The third-order valence-electron chi connectivity index (χ3n) is 2.19. The van der Waals surface area contributed by atoms with E-state index in [2.05, 4.69) is 27.8 Å². The molecule has 2 rings (SSSR count). The number of nitrogens with zero attached hydrogens (tertiary/aromatic N) is 1. The first kappa shape index (κ1) is 10.3. The molecule has 0 bridgehead atoms. The van der Waals surface area contributed by atoms with Crippen molar-refractivity contribution in [1.29, 1.82) is 0 Å². The van der Waals surface area contributed by atoms with Crippen molar-refractivity contribution in [2.75, 3.05) is 7.05 Å². The fourth-order valence-electron chi connectivity index (χ4n) is 1.52. The summed E-state index contributed by atoms with van der Waals surface area (Å²) >= 11 is 1.82. The van der Waals surface area contributed by atoms with Crippen LogP contribution >= 0.6 is 11.3 Å². The van der Waals surface area contributed by atoms with Gasteiger partial charge < -0.3 is 5.32 Å². The summed E-state index contributed by atoms with van der Waals surface area (Å²) in [5, 5.41) is 5.37. The molecule has 2 aromatic rings. The van der Waals surface area contributed by atoms with Crippen LogP contribution in [0.4, 0.5) is 0 Å². The van der Waals surface area contributed by atoms with Gasteiger partial charge in [-0.1, -0.05) is 6.07 Å². The van der Waals surface area contributed by atoms with Gasteiger partial charge in [-0.05, 0) is 35.7 Å². The Hall–Kier alpha value is -1.19. The summed E-state index contributed by atoms with van der Waals surface area (Å²) in [7, 11) is 1.97. The third kappa shape index (κ3) is 2.88. The SMILES string of the molecule is CNCc1csc(Cc2cccnc2)c1. The van der Waals surface area contributed by atoms with Crippen LogP contribution in [0.2, 0.25) is 0 Å². The minimum absolute atomic E-state index is 0.948. The van der Waals surface area contributed by atoms with Crippen molar-refractivity contribution in [3.63, 3.8) is 0 Å². The molecule has 2 nitrogen and oxygen atoms in total. The maximum atomic E-state index is 4.12. The zero-order valence-corrected chi connectivity index (χ0v) is 9.55. The number of rotatable bonds is 4. The molecule has 0 fully saturated rings. The van der Waals surface area contributed by atoms with Crippen LogP contribution in [0, 0.1) is 0 Å². The fourth-order valence-corrected chi connectivity index (χ4v) is 2.44. The van der Waals surface area contributed by atoms with E-state index in [1.807, 2.05) is 36.8 Å². The fraction of sp³-hybridized carbons (Fsp3) is 0.250. The summed E-state index contributed by atoms with van der Waals surface area (Å²) in [6.07, 6.45) is 4.73. The van der Waals surface area contributed by atoms with E-state index in [9.17, 15) is 0 Å². The van der Waals surface area contributed by atoms with Gasteiger partial charge in [0.05, 0.1) is 0 Å². The Balaban J connectivity index is 2.05. The molecule has 0 aliphatic heterocycles. The molecule has 2 heterocycles. The number of hydrogen-bond acceptors (Lipinski definition) is 3. The highest BCUT2D eigenvalue weighted by Crippen LogP contribution is 2.18. The van der Waals surface area contributed by atoms with E-state index in [0.717, 1.165) is 13.0 Å². The highest BCUT2D eigenvalue weighted by Gasteiger charge is 2.00. The lowest BCUT2D eigenvalue weighted by molar-refractivity contribution is 0.820. The monoisotopic (exact) mass is 218 g/mol. The quantitative estimate of drug-likeness (QED) is 0.852. The summed E-state index contributed by atoms with van der Waals surface area (Å²) in [6.45, 7) is 0.948. The molecule has 0 aliphatic rings. The van der Waals surface area contributed by atoms with Crippen LogP contribution in [0.15, 0.2) is 36.0 Å². The molecule has 0 amide bonds. The number of thiophene rings is 1. The molecule has 0 aromatic carbocycles. The molecular weight excluding hydrogens is 204 g/mol. The Morgan fingerprint density at radius 1 is 1.40 bits per heavy atom. The molecule has 78 valence electrons. The average molecular weight is 218 g/mol. The smallest absolute Gasteiger partial charge is 0.0303 e. The molecule has 0 saturated heterocycles. The summed E-state index contributed by atoms with van der Waals surface area (Å²) < 4.78 is 0. The topological polar surface area (TPSA) is 24.9 Å². The van der Waals surface area contributed by atoms with Gasteiger partial charge in [0.15, 0.2) is 0 Å². The van der Waals surface area contributed by atoms with Crippen LogP contribution in [-0.2, 0) is 13.0 Å². The van der Waals surface area contributed by atoms with Crippen LogP contribution < -0.4 is 5.32 Å². The molecular formula is C12H14N2S. The Morgan fingerprint density at radius 2 is 2.33 bits per heavy atom. The predicted molar refractivity (Wildman–Crippen MR) is 64.1 cm³/mol. The van der Waals surface area contributed by atoms with Crippen LogP contribution in [0.3, 0.4) is 0 Å². The largest absolute Gasteiger partial charge is 0.316 e. The molecule has 2 aromatic heterocycles. The van der Waals surface area contributed by atoms with Gasteiger partial charge in [-0.15, -0.1) is 11.3 Å². The van der Waals surface area contributed by atoms with Crippen molar-refractivity contribution < 1.29 is 0 Å². The molecule has 0 atom stereocenters. The van der Waals surface area contributed by atoms with Gasteiger partial charge in [0, 0.05) is 30.2 Å². The Morgan fingerprint density at radius 3 is 3.07 bits per heavy atom. The van der Waals surface area contributed by atoms with Gasteiger partial charge in [-0.3, -0.25) is 4.98 Å². The second-order valence-electron chi connectivity index (χ2n) is 3.49. The van der Waals surface area contributed by atoms with E-state index >= 15 is 0 Å². The number of aromatic nitrogens is 1. The maximum Gasteiger partial charge on any atom is 0.0303 e. The van der Waals surface area contributed by atoms with Crippen molar-refractivity contribution in [3.8, 4) is 0 Å². The number of pyridine rings is 1. The zero-order valence-electron chi connectivity index (χ0n) is 8.73. The lowest BCUT2D eigenvalue weighted by Gasteiger charge is -1.96. The van der Waals surface area contributed by atoms with E-state index in [1.54, 1.807) is 0 Å². The van der Waals surface area contributed by atoms with Crippen molar-refractivity contribution in [2.45, 2.75) is 13.0 Å². The minimum atomic E-state index is 0.948. The zero-order chi connectivity index (χ0) is 10.5. The second kappa shape index (κ2) is 5.05. The molecule has 15 heavy (non-hydrogen) atoms. The molecule has 1 N–H and O–H groups in total. The van der Waals surface area contributed by atoms with Crippen LogP contribution in [0.5, 0.6) is 0 Å². The molecule has 0 spiro atoms. The Bertz CT molecular complexity index is 409. The van der Waals surface area contributed by atoms with Crippen molar-refractivity contribution in [1.82, 2.24) is 10.3 Å². The summed E-state index contributed by atoms with van der Waals surface area (Å²) in [5.41, 5.74) is 2.64. The van der Waals surface area contributed by atoms with Crippen LogP contribution in [0.1, 0.15) is 16.0 Å². The van der Waals surface area contributed by atoms with Gasteiger partial charge >= 0.3 is 0 Å². The van der Waals surface area contributed by atoms with E-state index in [-0.39, 0.29) is 0 Å². The van der Waals surface area contributed by atoms with Gasteiger partial charge in [0.25, 0.3) is 0 Å². The second-order valence-corrected chi connectivity index (χ2v) is 4.49. The minimum Gasteiger partial charge on any atom is -0.316 e. The summed E-state index contributed by atoms with van der Waals surface area (Å²) in [5.74, 6) is 0. The first-order valence-corrected chi connectivity index (χ1v) is 5.86. The lowest BCUT2D eigenvalue weighted by Crippen LogP contribution is -2.03. The third-order valence-corrected chi connectivity index (χ3v) is 3.18. The van der Waals surface area contributed by atoms with Gasteiger partial charge in [0.2, 0.25) is 0 Å². The van der Waals surface area contributed by atoms with Crippen LogP contribution in [-0.4, -0.2) is 12.0 Å². The van der Waals surface area contributed by atoms with E-state index < -0.39 is 0 Å². The molecule has 3 heteroatoms. The van der Waals surface area contributed by atoms with Crippen molar-refractivity contribution in [2.24, 2.45) is 0 Å². The van der Waals surface area contributed by atoms with E-state index in [4.69, 9.17) is 0 Å².